The molecule has 1 amide bonds. The summed E-state index contributed by atoms with van der Waals surface area (Å²) >= 11 is 0. The second-order valence-electron chi connectivity index (χ2n) is 4.04. The summed E-state index contributed by atoms with van der Waals surface area (Å²) in [7, 11) is 1.53. The smallest absolute Gasteiger partial charge is 0.323 e. The molecule has 0 aromatic heterocycles. The predicted octanol–water partition coefficient (Wildman–Crippen LogP) is -0.471. The van der Waals surface area contributed by atoms with Crippen molar-refractivity contribution in [3.8, 4) is 0 Å². The Kier molecular flexibility index (Phi) is 3.10. The van der Waals surface area contributed by atoms with Crippen LogP contribution in [-0.2, 0) is 9.59 Å². The van der Waals surface area contributed by atoms with Crippen LogP contribution in [0.25, 0.3) is 0 Å². The molecule has 1 atom stereocenters. The van der Waals surface area contributed by atoms with E-state index in [2.05, 4.69) is 5.32 Å². The van der Waals surface area contributed by atoms with Gasteiger partial charge in [0.2, 0.25) is 5.91 Å². The zero-order chi connectivity index (χ0) is 10.8. The van der Waals surface area contributed by atoms with E-state index in [9.17, 15) is 9.59 Å². The van der Waals surface area contributed by atoms with Crippen LogP contribution in [0.2, 0.25) is 0 Å². The molecule has 1 aliphatic rings. The van der Waals surface area contributed by atoms with Gasteiger partial charge in [-0.15, -0.1) is 0 Å². The number of carboxylic acids is 1. The zero-order valence-electron chi connectivity index (χ0n) is 8.54. The van der Waals surface area contributed by atoms with Crippen molar-refractivity contribution in [2.75, 3.05) is 26.7 Å². The fourth-order valence-electron chi connectivity index (χ4n) is 1.73. The molecular weight excluding hydrogens is 184 g/mol. The quantitative estimate of drug-likeness (QED) is 0.646. The summed E-state index contributed by atoms with van der Waals surface area (Å²) in [5, 5.41) is 11.7. The highest BCUT2D eigenvalue weighted by atomic mass is 16.4. The Balaban J connectivity index is 2.59. The van der Waals surface area contributed by atoms with Gasteiger partial charge in [-0.2, -0.15) is 0 Å². The average Bonchev–Trinajstić information content (AvgIpc) is 2.51. The Bertz CT molecular complexity index is 246. The molecule has 0 aliphatic carbocycles. The maximum atomic E-state index is 11.8. The van der Waals surface area contributed by atoms with Gasteiger partial charge in [-0.1, -0.05) is 0 Å². The molecule has 14 heavy (non-hydrogen) atoms. The van der Waals surface area contributed by atoms with Crippen LogP contribution >= 0.6 is 0 Å². The minimum absolute atomic E-state index is 0.0927. The van der Waals surface area contributed by atoms with E-state index in [1.807, 2.05) is 6.92 Å². The van der Waals surface area contributed by atoms with E-state index >= 15 is 0 Å². The van der Waals surface area contributed by atoms with Crippen molar-refractivity contribution in [1.29, 1.82) is 0 Å². The number of carbonyl (C=O) groups excluding carboxylic acids is 1. The molecule has 0 aromatic carbocycles. The van der Waals surface area contributed by atoms with Crippen LogP contribution in [0.15, 0.2) is 0 Å². The number of amides is 1. The van der Waals surface area contributed by atoms with Crippen molar-refractivity contribution < 1.29 is 14.7 Å². The number of carbonyl (C=O) groups is 2. The minimum atomic E-state index is -0.976. The van der Waals surface area contributed by atoms with Gasteiger partial charge in [-0.05, 0) is 19.9 Å². The largest absolute Gasteiger partial charge is 0.480 e. The summed E-state index contributed by atoms with van der Waals surface area (Å²) in [6, 6.07) is 0. The second-order valence-corrected chi connectivity index (χ2v) is 4.04. The Labute approximate surface area is 83.1 Å². The third-order valence-electron chi connectivity index (χ3n) is 2.60. The molecule has 0 aromatic rings. The van der Waals surface area contributed by atoms with Crippen molar-refractivity contribution in [1.82, 2.24) is 10.2 Å². The molecule has 1 fully saturated rings. The fourth-order valence-corrected chi connectivity index (χ4v) is 1.73. The summed E-state index contributed by atoms with van der Waals surface area (Å²) in [4.78, 5) is 23.5. The highest BCUT2D eigenvalue weighted by molar-refractivity contribution is 5.85. The lowest BCUT2D eigenvalue weighted by Crippen LogP contribution is -2.43. The first-order valence-electron chi connectivity index (χ1n) is 4.64. The van der Waals surface area contributed by atoms with Gasteiger partial charge in [-0.3, -0.25) is 9.59 Å². The van der Waals surface area contributed by atoms with E-state index in [1.54, 1.807) is 0 Å². The normalized spacial score (nSPS) is 26.1. The van der Waals surface area contributed by atoms with E-state index < -0.39 is 11.4 Å². The van der Waals surface area contributed by atoms with Crippen molar-refractivity contribution >= 4 is 11.9 Å². The lowest BCUT2D eigenvalue weighted by molar-refractivity contribution is -0.147. The predicted molar refractivity (Wildman–Crippen MR) is 50.9 cm³/mol. The first-order valence-corrected chi connectivity index (χ1v) is 4.64. The molecule has 1 heterocycles. The van der Waals surface area contributed by atoms with E-state index in [-0.39, 0.29) is 12.5 Å². The Morgan fingerprint density at radius 1 is 1.57 bits per heavy atom. The molecule has 1 unspecified atom stereocenters. The van der Waals surface area contributed by atoms with Gasteiger partial charge in [0.25, 0.3) is 0 Å². The van der Waals surface area contributed by atoms with Gasteiger partial charge in [0.05, 0.1) is 5.41 Å². The summed E-state index contributed by atoms with van der Waals surface area (Å²) in [5.74, 6) is -1.07. The van der Waals surface area contributed by atoms with Crippen molar-refractivity contribution in [3.05, 3.63) is 0 Å². The topological polar surface area (TPSA) is 69.6 Å². The number of aliphatic carboxylic acids is 1. The molecule has 0 spiro atoms. The Morgan fingerprint density at radius 3 is 2.64 bits per heavy atom. The van der Waals surface area contributed by atoms with Crippen LogP contribution in [-0.4, -0.2) is 48.6 Å². The lowest BCUT2D eigenvalue weighted by Gasteiger charge is -2.27. The van der Waals surface area contributed by atoms with Gasteiger partial charge >= 0.3 is 5.97 Å². The number of carboxylic acid groups (broad SMARTS) is 1. The lowest BCUT2D eigenvalue weighted by atomic mass is 9.88. The van der Waals surface area contributed by atoms with Crippen molar-refractivity contribution in [2.45, 2.75) is 13.3 Å². The highest BCUT2D eigenvalue weighted by Gasteiger charge is 2.38. The molecular formula is C9H16N2O3. The number of rotatable bonds is 3. The van der Waals surface area contributed by atoms with E-state index in [1.165, 1.54) is 11.9 Å². The average molecular weight is 200 g/mol. The van der Waals surface area contributed by atoms with Gasteiger partial charge in [-0.25, -0.2) is 0 Å². The molecule has 80 valence electrons. The number of likely N-dealkylation sites (N-methyl/N-ethyl adjacent to an activating group) is 1. The highest BCUT2D eigenvalue weighted by Crippen LogP contribution is 2.26. The van der Waals surface area contributed by atoms with Crippen molar-refractivity contribution in [2.24, 2.45) is 5.41 Å². The third kappa shape index (κ3) is 2.23. The summed E-state index contributed by atoms with van der Waals surface area (Å²) in [6.07, 6.45) is 0.774. The van der Waals surface area contributed by atoms with Gasteiger partial charge in [0.15, 0.2) is 0 Å². The molecule has 1 rings (SSSR count). The zero-order valence-corrected chi connectivity index (χ0v) is 8.54. The molecule has 5 nitrogen and oxygen atoms in total. The number of hydrogen-bond donors (Lipinski definition) is 2. The van der Waals surface area contributed by atoms with Crippen LogP contribution in [0.3, 0.4) is 0 Å². The van der Waals surface area contributed by atoms with E-state index in [4.69, 9.17) is 5.11 Å². The maximum absolute atomic E-state index is 11.8. The SMILES string of the molecule is CN(CC(=O)O)C(=O)C1(C)CCNC1. The van der Waals surface area contributed by atoms with Crippen LogP contribution in [0.5, 0.6) is 0 Å². The molecule has 0 saturated carbocycles. The Morgan fingerprint density at radius 2 is 2.21 bits per heavy atom. The van der Waals surface area contributed by atoms with Gasteiger partial charge < -0.3 is 15.3 Å². The number of hydrogen-bond acceptors (Lipinski definition) is 3. The fraction of sp³-hybridized carbons (Fsp3) is 0.778. The van der Waals surface area contributed by atoms with Crippen LogP contribution in [0.1, 0.15) is 13.3 Å². The Hall–Kier alpha value is -1.10. The summed E-state index contributed by atoms with van der Waals surface area (Å²) in [6.45, 7) is 3.10. The van der Waals surface area contributed by atoms with Crippen LogP contribution in [0.4, 0.5) is 0 Å². The monoisotopic (exact) mass is 200 g/mol. The molecule has 5 heteroatoms. The van der Waals surface area contributed by atoms with Crippen molar-refractivity contribution in [3.63, 3.8) is 0 Å². The van der Waals surface area contributed by atoms with Gasteiger partial charge in [0.1, 0.15) is 6.54 Å². The number of nitrogens with one attached hydrogen (secondary N) is 1. The summed E-state index contributed by atoms with van der Waals surface area (Å²) in [5.41, 5.74) is -0.426. The minimum Gasteiger partial charge on any atom is -0.480 e. The molecule has 2 N–H and O–H groups in total. The molecule has 1 aliphatic heterocycles. The maximum Gasteiger partial charge on any atom is 0.323 e. The third-order valence-corrected chi connectivity index (χ3v) is 2.60. The van der Waals surface area contributed by atoms with Gasteiger partial charge in [0, 0.05) is 13.6 Å². The van der Waals surface area contributed by atoms with E-state index in [0.717, 1.165) is 13.0 Å². The van der Waals surface area contributed by atoms with Crippen LogP contribution < -0.4 is 5.32 Å². The van der Waals surface area contributed by atoms with E-state index in [0.29, 0.717) is 6.54 Å². The second kappa shape index (κ2) is 3.96. The summed E-state index contributed by atoms with van der Waals surface area (Å²) < 4.78 is 0. The first kappa shape index (κ1) is 11.0. The number of nitrogens with zero attached hydrogens (tertiary/aromatic N) is 1. The first-order chi connectivity index (χ1) is 6.46. The van der Waals surface area contributed by atoms with Crippen LogP contribution in [0, 0.1) is 5.41 Å². The molecule has 0 radical (unpaired) electrons. The standard InChI is InChI=1S/C9H16N2O3/c1-9(3-4-10-6-9)8(14)11(2)5-7(12)13/h10H,3-6H2,1-2H3,(H,12,13). The molecule has 0 bridgehead atoms. The molecule has 1 saturated heterocycles.